The first-order valence-electron chi connectivity index (χ1n) is 3.86. The van der Waals surface area contributed by atoms with Gasteiger partial charge in [0, 0.05) is 5.56 Å². The number of nitrogens with one attached hydrogen (secondary N) is 1. The van der Waals surface area contributed by atoms with Crippen LogP contribution in [-0.4, -0.2) is 18.6 Å². The molecule has 1 rings (SSSR count). The van der Waals surface area contributed by atoms with Gasteiger partial charge in [0.15, 0.2) is 6.67 Å². The molecule has 5 heteroatoms. The molecule has 0 aliphatic heterocycles. The summed E-state index contributed by atoms with van der Waals surface area (Å²) in [6, 6.07) is 3.63. The van der Waals surface area contributed by atoms with Crippen LogP contribution in [-0.2, 0) is 0 Å². The van der Waals surface area contributed by atoms with E-state index in [1.807, 2.05) is 0 Å². The molecule has 0 atom stereocenters. The van der Waals surface area contributed by atoms with Crippen molar-refractivity contribution in [3.8, 4) is 0 Å². The lowest BCUT2D eigenvalue weighted by Gasteiger charge is -2.13. The highest BCUT2D eigenvalue weighted by molar-refractivity contribution is 5.94. The highest BCUT2D eigenvalue weighted by atomic mass is 19.3. The van der Waals surface area contributed by atoms with E-state index in [-0.39, 0.29) is 5.56 Å². The molecule has 0 heterocycles. The molecule has 0 saturated carbocycles. The molecule has 14 heavy (non-hydrogen) atoms. The summed E-state index contributed by atoms with van der Waals surface area (Å²) in [5.74, 6) is -0.992. The Balaban J connectivity index is 2.69. The highest BCUT2D eigenvalue weighted by Gasteiger charge is 2.31. The molecule has 0 radical (unpaired) electrons. The van der Waals surface area contributed by atoms with Crippen molar-refractivity contribution in [2.75, 3.05) is 6.67 Å². The maximum atomic E-state index is 12.4. The van der Waals surface area contributed by atoms with Crippen LogP contribution < -0.4 is 5.32 Å². The molecule has 0 fully saturated rings. The van der Waals surface area contributed by atoms with Crippen LogP contribution in [0.1, 0.15) is 10.4 Å². The van der Waals surface area contributed by atoms with Gasteiger partial charge in [-0.1, -0.05) is 18.2 Å². The number of alkyl halides is 3. The zero-order chi connectivity index (χ0) is 10.6. The van der Waals surface area contributed by atoms with Gasteiger partial charge in [0.05, 0.1) is 0 Å². The Hall–Kier alpha value is -1.52. The van der Waals surface area contributed by atoms with Crippen LogP contribution in [0.15, 0.2) is 30.3 Å². The maximum absolute atomic E-state index is 12.4. The van der Waals surface area contributed by atoms with Crippen molar-refractivity contribution in [2.24, 2.45) is 0 Å². The van der Waals surface area contributed by atoms with E-state index in [1.165, 1.54) is 29.6 Å². The summed E-state index contributed by atoms with van der Waals surface area (Å²) in [7, 11) is 0. The first kappa shape index (κ1) is 10.6. The predicted octanol–water partition coefficient (Wildman–Crippen LogP) is 1.98. The van der Waals surface area contributed by atoms with Crippen molar-refractivity contribution in [3.05, 3.63) is 35.9 Å². The van der Waals surface area contributed by atoms with E-state index in [2.05, 4.69) is 0 Å². The molecular formula is C9H8F3NO. The summed E-state index contributed by atoms with van der Waals surface area (Å²) >= 11 is 0. The maximum Gasteiger partial charge on any atom is 0.353 e. The van der Waals surface area contributed by atoms with E-state index in [9.17, 15) is 18.0 Å². The summed E-state index contributed by atoms with van der Waals surface area (Å²) < 4.78 is 36.4. The topological polar surface area (TPSA) is 29.1 Å². The highest BCUT2D eigenvalue weighted by Crippen LogP contribution is 2.10. The Kier molecular flexibility index (Phi) is 3.11. The van der Waals surface area contributed by atoms with Crippen molar-refractivity contribution >= 4 is 5.91 Å². The normalized spacial score (nSPS) is 11.1. The first-order valence-corrected chi connectivity index (χ1v) is 3.86. The van der Waals surface area contributed by atoms with E-state index in [0.29, 0.717) is 0 Å². The fraction of sp³-hybridized carbons (Fsp3) is 0.222. The molecule has 0 aliphatic rings. The Bertz CT molecular complexity index is 313. The second-order valence-corrected chi connectivity index (χ2v) is 2.66. The number of hydrogen-bond donors (Lipinski definition) is 1. The average Bonchev–Trinajstić information content (AvgIpc) is 2.19. The van der Waals surface area contributed by atoms with Gasteiger partial charge in [-0.2, -0.15) is 8.78 Å². The summed E-state index contributed by atoms with van der Waals surface area (Å²) in [5, 5.41) is 1.27. The Labute approximate surface area is 78.7 Å². The Morgan fingerprint density at radius 2 is 1.86 bits per heavy atom. The molecule has 0 bridgehead atoms. The largest absolute Gasteiger partial charge is 0.353 e. The van der Waals surface area contributed by atoms with Crippen molar-refractivity contribution < 1.29 is 18.0 Å². The molecule has 1 aromatic carbocycles. The number of hydrogen-bond acceptors (Lipinski definition) is 1. The van der Waals surface area contributed by atoms with E-state index in [4.69, 9.17) is 0 Å². The molecule has 0 unspecified atom stereocenters. The zero-order valence-corrected chi connectivity index (χ0v) is 7.14. The van der Waals surface area contributed by atoms with Gasteiger partial charge in [0.1, 0.15) is 0 Å². The van der Waals surface area contributed by atoms with Gasteiger partial charge in [-0.3, -0.25) is 10.1 Å². The van der Waals surface area contributed by atoms with Crippen molar-refractivity contribution in [3.63, 3.8) is 0 Å². The number of carbonyl (C=O) groups is 1. The molecule has 2 nitrogen and oxygen atoms in total. The van der Waals surface area contributed by atoms with Crippen LogP contribution in [0, 0.1) is 0 Å². The minimum Gasteiger partial charge on any atom is -0.291 e. The Morgan fingerprint density at radius 3 is 2.36 bits per heavy atom. The fourth-order valence-electron chi connectivity index (χ4n) is 0.861. The van der Waals surface area contributed by atoms with Crippen LogP contribution >= 0.6 is 0 Å². The number of halogens is 3. The third kappa shape index (κ3) is 2.76. The molecule has 1 aromatic rings. The van der Waals surface area contributed by atoms with Gasteiger partial charge in [-0.15, -0.1) is 0 Å². The lowest BCUT2D eigenvalue weighted by molar-refractivity contribution is -0.0468. The zero-order valence-electron chi connectivity index (χ0n) is 7.14. The summed E-state index contributed by atoms with van der Waals surface area (Å²) in [6.07, 6.45) is 0. The van der Waals surface area contributed by atoms with Crippen LogP contribution in [0.5, 0.6) is 0 Å². The summed E-state index contributed by atoms with van der Waals surface area (Å²) in [4.78, 5) is 11.1. The fourth-order valence-corrected chi connectivity index (χ4v) is 0.861. The molecule has 1 N–H and O–H groups in total. The van der Waals surface area contributed by atoms with E-state index in [0.717, 1.165) is 0 Å². The van der Waals surface area contributed by atoms with Crippen LogP contribution in [0.3, 0.4) is 0 Å². The summed E-state index contributed by atoms with van der Waals surface area (Å²) in [6.45, 7) is -1.91. The Morgan fingerprint density at radius 1 is 1.29 bits per heavy atom. The van der Waals surface area contributed by atoms with Gasteiger partial charge in [-0.05, 0) is 12.1 Å². The number of carbonyl (C=O) groups excluding carboxylic acids is 1. The second-order valence-electron chi connectivity index (χ2n) is 2.66. The predicted molar refractivity (Wildman–Crippen MR) is 44.8 cm³/mol. The van der Waals surface area contributed by atoms with Gasteiger partial charge in [-0.25, -0.2) is 4.39 Å². The van der Waals surface area contributed by atoms with Gasteiger partial charge < -0.3 is 0 Å². The number of rotatable bonds is 3. The van der Waals surface area contributed by atoms with Gasteiger partial charge in [0.2, 0.25) is 0 Å². The van der Waals surface area contributed by atoms with Crippen LogP contribution in [0.2, 0.25) is 0 Å². The van der Waals surface area contributed by atoms with Gasteiger partial charge >= 0.3 is 6.05 Å². The molecule has 0 spiro atoms. The average molecular weight is 203 g/mol. The number of benzene rings is 1. The quantitative estimate of drug-likeness (QED) is 0.747. The molecule has 0 aliphatic carbocycles. The molecule has 76 valence electrons. The van der Waals surface area contributed by atoms with Crippen molar-refractivity contribution in [2.45, 2.75) is 6.05 Å². The smallest absolute Gasteiger partial charge is 0.291 e. The standard InChI is InChI=1S/C9H8F3NO/c10-6-9(11,12)13-8(14)7-4-2-1-3-5-7/h1-5H,6H2,(H,13,14). The van der Waals surface area contributed by atoms with Crippen molar-refractivity contribution in [1.82, 2.24) is 5.32 Å². The van der Waals surface area contributed by atoms with Crippen LogP contribution in [0.25, 0.3) is 0 Å². The third-order valence-electron chi connectivity index (χ3n) is 1.50. The van der Waals surface area contributed by atoms with E-state index in [1.54, 1.807) is 6.07 Å². The monoisotopic (exact) mass is 203 g/mol. The summed E-state index contributed by atoms with van der Waals surface area (Å²) in [5.41, 5.74) is 0.0700. The van der Waals surface area contributed by atoms with E-state index >= 15 is 0 Å². The minimum absolute atomic E-state index is 0.0700. The van der Waals surface area contributed by atoms with Crippen molar-refractivity contribution in [1.29, 1.82) is 0 Å². The second kappa shape index (κ2) is 4.13. The molecule has 1 amide bonds. The molecular weight excluding hydrogens is 195 g/mol. The lowest BCUT2D eigenvalue weighted by Crippen LogP contribution is -2.42. The molecule has 0 saturated heterocycles. The minimum atomic E-state index is -3.80. The first-order chi connectivity index (χ1) is 6.55. The van der Waals surface area contributed by atoms with E-state index < -0.39 is 18.6 Å². The molecule has 0 aromatic heterocycles. The van der Waals surface area contributed by atoms with Gasteiger partial charge in [0.25, 0.3) is 5.91 Å². The third-order valence-corrected chi connectivity index (χ3v) is 1.50. The SMILES string of the molecule is O=C(NC(F)(F)CF)c1ccccc1. The van der Waals surface area contributed by atoms with Crippen LogP contribution in [0.4, 0.5) is 13.2 Å². The lowest BCUT2D eigenvalue weighted by atomic mass is 10.2. The number of amides is 1.